The molecule has 1 unspecified atom stereocenters. The van der Waals surface area contributed by atoms with Crippen molar-refractivity contribution in [3.05, 3.63) is 52.5 Å². The third-order valence-corrected chi connectivity index (χ3v) is 4.97. The Labute approximate surface area is 134 Å². The van der Waals surface area contributed by atoms with Crippen LogP contribution >= 0.6 is 11.3 Å². The normalized spacial score (nSPS) is 12.5. The van der Waals surface area contributed by atoms with Gasteiger partial charge < -0.3 is 11.1 Å². The Hall–Kier alpha value is -1.98. The number of hydrogen-bond donors (Lipinski definition) is 2. The average molecular weight is 312 g/mol. The van der Waals surface area contributed by atoms with Crippen molar-refractivity contribution in [2.24, 2.45) is 5.73 Å². The van der Waals surface area contributed by atoms with E-state index in [1.165, 1.54) is 20.7 Å². The second kappa shape index (κ2) is 6.42. The topological polar surface area (TPSA) is 63.8 Å². The van der Waals surface area contributed by atoms with E-state index in [2.05, 4.69) is 34.6 Å². The first-order chi connectivity index (χ1) is 10.6. The van der Waals surface area contributed by atoms with Gasteiger partial charge in [-0.05, 0) is 31.4 Å². The number of anilines is 1. The van der Waals surface area contributed by atoms with Crippen LogP contribution in [-0.4, -0.2) is 16.2 Å². The molecule has 0 saturated carbocycles. The molecule has 0 aliphatic rings. The highest BCUT2D eigenvalue weighted by molar-refractivity contribution is 7.19. The van der Waals surface area contributed by atoms with Gasteiger partial charge in [0.2, 0.25) is 0 Å². The number of aromatic nitrogens is 2. The molecule has 0 spiro atoms. The van der Waals surface area contributed by atoms with Crippen molar-refractivity contribution in [3.63, 3.8) is 0 Å². The van der Waals surface area contributed by atoms with E-state index in [0.29, 0.717) is 0 Å². The molecule has 0 bridgehead atoms. The van der Waals surface area contributed by atoms with Crippen LogP contribution < -0.4 is 11.1 Å². The molecule has 0 aliphatic heterocycles. The first-order valence-electron chi connectivity index (χ1n) is 7.42. The fraction of sp³-hybridized carbons (Fsp3) is 0.294. The Morgan fingerprint density at radius 3 is 2.77 bits per heavy atom. The highest BCUT2D eigenvalue weighted by Crippen LogP contribution is 2.34. The minimum absolute atomic E-state index is 0.153. The number of nitrogens with two attached hydrogens (primary N) is 1. The summed E-state index contributed by atoms with van der Waals surface area (Å²) in [5, 5.41) is 11.9. The number of nitrogens with one attached hydrogen (secondary N) is 1. The summed E-state index contributed by atoms with van der Waals surface area (Å²) < 4.78 is 1.17. The van der Waals surface area contributed by atoms with Gasteiger partial charge in [-0.1, -0.05) is 30.3 Å². The van der Waals surface area contributed by atoms with Crippen molar-refractivity contribution in [2.45, 2.75) is 32.9 Å². The van der Waals surface area contributed by atoms with E-state index in [1.54, 1.807) is 17.5 Å². The zero-order valence-corrected chi connectivity index (χ0v) is 13.7. The van der Waals surface area contributed by atoms with Gasteiger partial charge in [0.25, 0.3) is 0 Å². The van der Waals surface area contributed by atoms with Crippen molar-refractivity contribution < 1.29 is 0 Å². The third kappa shape index (κ3) is 3.10. The summed E-state index contributed by atoms with van der Waals surface area (Å²) in [6, 6.07) is 10.5. The zero-order valence-electron chi connectivity index (χ0n) is 12.8. The lowest BCUT2D eigenvalue weighted by molar-refractivity contribution is 0.744. The smallest absolute Gasteiger partial charge is 0.109 e. The zero-order chi connectivity index (χ0) is 15.5. The Morgan fingerprint density at radius 1 is 1.27 bits per heavy atom. The highest BCUT2D eigenvalue weighted by atomic mass is 32.1. The van der Waals surface area contributed by atoms with E-state index >= 15 is 0 Å². The van der Waals surface area contributed by atoms with Crippen LogP contribution in [0.25, 0.3) is 10.2 Å². The fourth-order valence-corrected chi connectivity index (χ4v) is 3.83. The maximum atomic E-state index is 5.94. The Morgan fingerprint density at radius 2 is 2.05 bits per heavy atom. The van der Waals surface area contributed by atoms with Gasteiger partial charge >= 0.3 is 0 Å². The summed E-state index contributed by atoms with van der Waals surface area (Å²) in [5.74, 6) is 0. The Balaban J connectivity index is 1.89. The highest BCUT2D eigenvalue weighted by Gasteiger charge is 2.14. The predicted molar refractivity (Wildman–Crippen MR) is 93.3 cm³/mol. The Kier molecular flexibility index (Phi) is 4.36. The van der Waals surface area contributed by atoms with Crippen LogP contribution in [0.3, 0.4) is 0 Å². The van der Waals surface area contributed by atoms with Crippen LogP contribution in [0.2, 0.25) is 0 Å². The molecule has 2 aromatic heterocycles. The SMILES string of the molecule is Cc1c(CC(C)N)sc2c(NCc3ccccc3)cnnc12. The molecular formula is C17H20N4S. The van der Waals surface area contributed by atoms with Crippen molar-refractivity contribution in [1.29, 1.82) is 0 Å². The van der Waals surface area contributed by atoms with Gasteiger partial charge in [-0.15, -0.1) is 16.4 Å². The second-order valence-electron chi connectivity index (χ2n) is 5.61. The van der Waals surface area contributed by atoms with Crippen LogP contribution in [0.15, 0.2) is 36.5 Å². The summed E-state index contributed by atoms with van der Waals surface area (Å²) in [6.07, 6.45) is 2.68. The maximum absolute atomic E-state index is 5.94. The van der Waals surface area contributed by atoms with Crippen LogP contribution in [-0.2, 0) is 13.0 Å². The van der Waals surface area contributed by atoms with Gasteiger partial charge in [0.05, 0.1) is 16.6 Å². The summed E-state index contributed by atoms with van der Waals surface area (Å²) >= 11 is 1.77. The molecule has 5 heteroatoms. The van der Waals surface area contributed by atoms with E-state index in [0.717, 1.165) is 24.2 Å². The number of hydrogen-bond acceptors (Lipinski definition) is 5. The largest absolute Gasteiger partial charge is 0.378 e. The molecule has 4 nitrogen and oxygen atoms in total. The van der Waals surface area contributed by atoms with Gasteiger partial charge in [-0.3, -0.25) is 0 Å². The number of fused-ring (bicyclic) bond motifs is 1. The molecule has 0 aliphatic carbocycles. The summed E-state index contributed by atoms with van der Waals surface area (Å²) in [7, 11) is 0. The molecule has 0 radical (unpaired) electrons. The summed E-state index contributed by atoms with van der Waals surface area (Å²) in [5.41, 5.74) is 10.4. The fourth-order valence-electron chi connectivity index (χ4n) is 2.46. The van der Waals surface area contributed by atoms with Gasteiger partial charge in [-0.2, -0.15) is 5.10 Å². The minimum Gasteiger partial charge on any atom is -0.378 e. The molecule has 2 heterocycles. The average Bonchev–Trinajstić information content (AvgIpc) is 2.83. The van der Waals surface area contributed by atoms with Crippen LogP contribution in [0.4, 0.5) is 5.69 Å². The molecule has 3 rings (SSSR count). The maximum Gasteiger partial charge on any atom is 0.109 e. The standard InChI is InChI=1S/C17H20N4S/c1-11(18)8-15-12(2)16-17(22-15)14(10-20-21-16)19-9-13-6-4-3-5-7-13/h3-7,10-11H,8-9,18H2,1-2H3,(H,19,21). The van der Waals surface area contributed by atoms with Gasteiger partial charge in [0.15, 0.2) is 0 Å². The number of thiophene rings is 1. The van der Waals surface area contributed by atoms with Crippen LogP contribution in [0.5, 0.6) is 0 Å². The van der Waals surface area contributed by atoms with E-state index in [-0.39, 0.29) is 6.04 Å². The molecule has 3 N–H and O–H groups in total. The number of aryl methyl sites for hydroxylation is 1. The van der Waals surface area contributed by atoms with Crippen molar-refractivity contribution >= 4 is 27.2 Å². The van der Waals surface area contributed by atoms with E-state index < -0.39 is 0 Å². The van der Waals surface area contributed by atoms with Crippen LogP contribution in [0.1, 0.15) is 22.9 Å². The molecule has 22 heavy (non-hydrogen) atoms. The second-order valence-corrected chi connectivity index (χ2v) is 6.71. The number of benzene rings is 1. The molecule has 114 valence electrons. The molecule has 0 amide bonds. The minimum atomic E-state index is 0.153. The molecule has 3 aromatic rings. The molecular weight excluding hydrogens is 292 g/mol. The monoisotopic (exact) mass is 312 g/mol. The Bertz CT molecular complexity index is 765. The van der Waals surface area contributed by atoms with E-state index in [1.807, 2.05) is 25.1 Å². The van der Waals surface area contributed by atoms with Gasteiger partial charge in [0, 0.05) is 17.5 Å². The molecule has 0 saturated heterocycles. The third-order valence-electron chi connectivity index (χ3n) is 3.64. The van der Waals surface area contributed by atoms with Gasteiger partial charge in [-0.25, -0.2) is 0 Å². The lowest BCUT2D eigenvalue weighted by Gasteiger charge is -2.06. The quantitative estimate of drug-likeness (QED) is 0.757. The summed E-state index contributed by atoms with van der Waals surface area (Å²) in [4.78, 5) is 1.30. The molecule has 0 fully saturated rings. The lowest BCUT2D eigenvalue weighted by atomic mass is 10.1. The van der Waals surface area contributed by atoms with Crippen molar-refractivity contribution in [2.75, 3.05) is 5.32 Å². The predicted octanol–water partition coefficient (Wildman–Crippen LogP) is 3.50. The first-order valence-corrected chi connectivity index (χ1v) is 8.24. The van der Waals surface area contributed by atoms with Gasteiger partial charge in [0.1, 0.15) is 5.52 Å². The lowest BCUT2D eigenvalue weighted by Crippen LogP contribution is -2.17. The van der Waals surface area contributed by atoms with Crippen molar-refractivity contribution in [1.82, 2.24) is 10.2 Å². The first kappa shape index (κ1) is 14.9. The summed E-state index contributed by atoms with van der Waals surface area (Å²) in [6.45, 7) is 4.91. The number of nitrogens with zero attached hydrogens (tertiary/aromatic N) is 2. The number of rotatable bonds is 5. The van der Waals surface area contributed by atoms with Crippen molar-refractivity contribution in [3.8, 4) is 0 Å². The van der Waals surface area contributed by atoms with E-state index in [9.17, 15) is 0 Å². The molecule has 1 aromatic carbocycles. The molecule has 1 atom stereocenters. The van der Waals surface area contributed by atoms with Crippen LogP contribution in [0, 0.1) is 6.92 Å². The van der Waals surface area contributed by atoms with E-state index in [4.69, 9.17) is 5.73 Å².